The van der Waals surface area contributed by atoms with Crippen molar-refractivity contribution in [2.75, 3.05) is 0 Å². The Kier molecular flexibility index (Phi) is 3.14. The summed E-state index contributed by atoms with van der Waals surface area (Å²) in [4.78, 5) is 3.97. The van der Waals surface area contributed by atoms with E-state index in [0.29, 0.717) is 11.5 Å². The Labute approximate surface area is 96.4 Å². The second-order valence-corrected chi connectivity index (χ2v) is 3.62. The summed E-state index contributed by atoms with van der Waals surface area (Å²) in [5.41, 5.74) is 6.33. The Bertz CT molecular complexity index is 513. The van der Waals surface area contributed by atoms with Gasteiger partial charge in [-0.15, -0.1) is 0 Å². The van der Waals surface area contributed by atoms with E-state index in [1.165, 1.54) is 18.2 Å². The van der Waals surface area contributed by atoms with Gasteiger partial charge in [0.2, 0.25) is 5.89 Å². The monoisotopic (exact) mass is 239 g/mol. The lowest BCUT2D eigenvalue weighted by molar-refractivity contribution is 0.151. The average molecular weight is 239 g/mol. The third-order valence-electron chi connectivity index (χ3n) is 2.34. The van der Waals surface area contributed by atoms with Gasteiger partial charge in [0, 0.05) is 12.5 Å². The number of nitrogens with two attached hydrogens (primary N) is 1. The van der Waals surface area contributed by atoms with E-state index in [0.717, 1.165) is 0 Å². The van der Waals surface area contributed by atoms with Crippen molar-refractivity contribution < 1.29 is 13.3 Å². The highest BCUT2D eigenvalue weighted by molar-refractivity contribution is 5.29. The average Bonchev–Trinajstić information content (AvgIpc) is 2.75. The van der Waals surface area contributed by atoms with Crippen LogP contribution < -0.4 is 5.73 Å². The van der Waals surface area contributed by atoms with Gasteiger partial charge in [0.15, 0.2) is 5.82 Å². The van der Waals surface area contributed by atoms with E-state index in [2.05, 4.69) is 10.1 Å². The number of aryl methyl sites for hydroxylation is 1. The zero-order valence-electron chi connectivity index (χ0n) is 9.10. The molecule has 0 saturated carbocycles. The highest BCUT2D eigenvalue weighted by Crippen LogP contribution is 2.23. The van der Waals surface area contributed by atoms with Gasteiger partial charge in [0.1, 0.15) is 0 Å². The largest absolute Gasteiger partial charge is 0.340 e. The first-order chi connectivity index (χ1) is 8.08. The van der Waals surface area contributed by atoms with Crippen LogP contribution in [0.2, 0.25) is 0 Å². The topological polar surface area (TPSA) is 64.9 Å². The van der Waals surface area contributed by atoms with Gasteiger partial charge in [0.25, 0.3) is 6.43 Å². The second kappa shape index (κ2) is 4.58. The smallest absolute Gasteiger partial charge is 0.263 e. The number of rotatable bonds is 3. The molecule has 0 aliphatic rings. The molecule has 2 aromatic rings. The van der Waals surface area contributed by atoms with Gasteiger partial charge in [-0.25, -0.2) is 8.78 Å². The van der Waals surface area contributed by atoms with Crippen molar-refractivity contribution in [3.63, 3.8) is 0 Å². The molecule has 1 aromatic heterocycles. The number of aromatic nitrogens is 2. The second-order valence-electron chi connectivity index (χ2n) is 3.62. The summed E-state index contributed by atoms with van der Waals surface area (Å²) in [6.45, 7) is 1.64. The van der Waals surface area contributed by atoms with Gasteiger partial charge in [-0.2, -0.15) is 4.98 Å². The predicted octanol–water partition coefficient (Wildman–Crippen LogP) is 2.36. The predicted molar refractivity (Wildman–Crippen MR) is 56.5 cm³/mol. The zero-order valence-corrected chi connectivity index (χ0v) is 9.10. The molecule has 0 aliphatic carbocycles. The summed E-state index contributed by atoms with van der Waals surface area (Å²) in [6.07, 6.45) is -2.52. The minimum Gasteiger partial charge on any atom is -0.340 e. The molecule has 4 nitrogen and oxygen atoms in total. The number of hydrogen-bond acceptors (Lipinski definition) is 4. The molecule has 6 heteroatoms. The van der Waals surface area contributed by atoms with Crippen LogP contribution in [0.5, 0.6) is 0 Å². The molecule has 2 rings (SSSR count). The lowest BCUT2D eigenvalue weighted by Crippen LogP contribution is -2.13. The maximum atomic E-state index is 12.5. The lowest BCUT2D eigenvalue weighted by Gasteiger charge is -2.09. The van der Waals surface area contributed by atoms with E-state index < -0.39 is 12.5 Å². The first-order valence-corrected chi connectivity index (χ1v) is 5.01. The molecule has 1 heterocycles. The van der Waals surface area contributed by atoms with Crippen molar-refractivity contribution in [2.45, 2.75) is 19.4 Å². The Morgan fingerprint density at radius 1 is 1.29 bits per heavy atom. The fraction of sp³-hybridized carbons (Fsp3) is 0.273. The molecule has 0 aliphatic heterocycles. The fourth-order valence-electron chi connectivity index (χ4n) is 1.48. The summed E-state index contributed by atoms with van der Waals surface area (Å²) in [6, 6.07) is 5.22. The van der Waals surface area contributed by atoms with Gasteiger partial charge in [-0.3, -0.25) is 0 Å². The standard InChI is InChI=1S/C11H11F2N3O/c1-6-15-11(16-17-6)9(14)7-3-2-4-8(5-7)10(12)13/h2-5,9-10H,14H2,1H3. The van der Waals surface area contributed by atoms with Crippen molar-refractivity contribution in [2.24, 2.45) is 5.73 Å². The molecule has 17 heavy (non-hydrogen) atoms. The molecule has 90 valence electrons. The van der Waals surface area contributed by atoms with Crippen LogP contribution in [-0.2, 0) is 0 Å². The van der Waals surface area contributed by atoms with Crippen molar-refractivity contribution in [1.29, 1.82) is 0 Å². The van der Waals surface area contributed by atoms with E-state index in [9.17, 15) is 8.78 Å². The number of hydrogen-bond donors (Lipinski definition) is 1. The van der Waals surface area contributed by atoms with E-state index in [-0.39, 0.29) is 11.4 Å². The molecule has 1 unspecified atom stereocenters. The van der Waals surface area contributed by atoms with E-state index >= 15 is 0 Å². The summed E-state index contributed by atoms with van der Waals surface area (Å²) in [5.74, 6) is 0.675. The number of alkyl halides is 2. The Morgan fingerprint density at radius 2 is 2.00 bits per heavy atom. The van der Waals surface area contributed by atoms with E-state index in [4.69, 9.17) is 10.3 Å². The van der Waals surface area contributed by atoms with Crippen LogP contribution in [0.4, 0.5) is 8.78 Å². The first kappa shape index (κ1) is 11.7. The van der Waals surface area contributed by atoms with Crippen molar-refractivity contribution in [3.05, 3.63) is 47.1 Å². The van der Waals surface area contributed by atoms with Crippen LogP contribution in [0.3, 0.4) is 0 Å². The Balaban J connectivity index is 2.30. The molecular formula is C11H11F2N3O. The number of halogens is 2. The van der Waals surface area contributed by atoms with Gasteiger partial charge in [0.05, 0.1) is 6.04 Å². The Morgan fingerprint density at radius 3 is 2.59 bits per heavy atom. The molecule has 0 spiro atoms. The van der Waals surface area contributed by atoms with Crippen LogP contribution in [0.15, 0.2) is 28.8 Å². The van der Waals surface area contributed by atoms with E-state index in [1.54, 1.807) is 13.0 Å². The van der Waals surface area contributed by atoms with Crippen LogP contribution >= 0.6 is 0 Å². The molecule has 1 atom stereocenters. The van der Waals surface area contributed by atoms with Crippen LogP contribution in [-0.4, -0.2) is 10.1 Å². The summed E-state index contributed by atoms with van der Waals surface area (Å²) in [5, 5.41) is 3.67. The van der Waals surface area contributed by atoms with Crippen LogP contribution in [0, 0.1) is 6.92 Å². The van der Waals surface area contributed by atoms with Gasteiger partial charge >= 0.3 is 0 Å². The summed E-state index contributed by atoms with van der Waals surface area (Å²) >= 11 is 0. The Hall–Kier alpha value is -1.82. The number of benzene rings is 1. The lowest BCUT2D eigenvalue weighted by atomic mass is 10.0. The quantitative estimate of drug-likeness (QED) is 0.892. The fourth-order valence-corrected chi connectivity index (χ4v) is 1.48. The van der Waals surface area contributed by atoms with Crippen molar-refractivity contribution in [3.8, 4) is 0 Å². The maximum absolute atomic E-state index is 12.5. The van der Waals surface area contributed by atoms with Gasteiger partial charge in [-0.1, -0.05) is 23.4 Å². The normalized spacial score (nSPS) is 13.0. The molecule has 1 aromatic carbocycles. The maximum Gasteiger partial charge on any atom is 0.263 e. The van der Waals surface area contributed by atoms with Gasteiger partial charge in [-0.05, 0) is 11.6 Å². The van der Waals surface area contributed by atoms with Crippen LogP contribution in [0.1, 0.15) is 35.3 Å². The SMILES string of the molecule is Cc1nc(C(N)c2cccc(C(F)F)c2)no1. The van der Waals surface area contributed by atoms with Crippen LogP contribution in [0.25, 0.3) is 0 Å². The molecule has 0 fully saturated rings. The molecule has 2 N–H and O–H groups in total. The van der Waals surface area contributed by atoms with Gasteiger partial charge < -0.3 is 10.3 Å². The first-order valence-electron chi connectivity index (χ1n) is 5.01. The number of nitrogens with zero attached hydrogens (tertiary/aromatic N) is 2. The molecule has 0 bridgehead atoms. The van der Waals surface area contributed by atoms with E-state index in [1.807, 2.05) is 0 Å². The highest BCUT2D eigenvalue weighted by Gasteiger charge is 2.16. The molecule has 0 saturated heterocycles. The minimum absolute atomic E-state index is 0.0711. The third kappa shape index (κ3) is 2.47. The summed E-state index contributed by atoms with van der Waals surface area (Å²) < 4.78 is 29.8. The molecule has 0 amide bonds. The summed E-state index contributed by atoms with van der Waals surface area (Å²) in [7, 11) is 0. The zero-order chi connectivity index (χ0) is 12.4. The molecule has 0 radical (unpaired) electrons. The third-order valence-corrected chi connectivity index (χ3v) is 2.34. The minimum atomic E-state index is -2.52. The molecular weight excluding hydrogens is 228 g/mol. The van der Waals surface area contributed by atoms with Crippen molar-refractivity contribution >= 4 is 0 Å². The van der Waals surface area contributed by atoms with Crippen molar-refractivity contribution in [1.82, 2.24) is 10.1 Å². The highest BCUT2D eigenvalue weighted by atomic mass is 19.3.